The quantitative estimate of drug-likeness (QED) is 0.783. The summed E-state index contributed by atoms with van der Waals surface area (Å²) in [5.74, 6) is -1.60. The molecule has 0 spiro atoms. The second kappa shape index (κ2) is 8.12. The SMILES string of the molecule is NC(=O)c1ccc(NC(=O)COC(=O)Cc2ccccc2Cl)cc1. The number of hydrogen-bond donors (Lipinski definition) is 2. The minimum absolute atomic E-state index is 0.0136. The fraction of sp³-hybridized carbons (Fsp3) is 0.118. The lowest BCUT2D eigenvalue weighted by Gasteiger charge is -2.07. The van der Waals surface area contributed by atoms with Crippen LogP contribution < -0.4 is 11.1 Å². The molecule has 2 rings (SSSR count). The van der Waals surface area contributed by atoms with E-state index in [9.17, 15) is 14.4 Å². The van der Waals surface area contributed by atoms with Crippen LogP contribution in [0.4, 0.5) is 5.69 Å². The summed E-state index contributed by atoms with van der Waals surface area (Å²) < 4.78 is 4.91. The Morgan fingerprint density at radius 1 is 1.04 bits per heavy atom. The molecule has 0 aromatic heterocycles. The zero-order valence-corrected chi connectivity index (χ0v) is 13.4. The maximum Gasteiger partial charge on any atom is 0.310 e. The lowest BCUT2D eigenvalue weighted by molar-refractivity contribution is -0.146. The van der Waals surface area contributed by atoms with Crippen molar-refractivity contribution in [1.82, 2.24) is 0 Å². The molecule has 24 heavy (non-hydrogen) atoms. The molecule has 2 aromatic rings. The molecule has 2 aromatic carbocycles. The van der Waals surface area contributed by atoms with Gasteiger partial charge in [0, 0.05) is 16.3 Å². The predicted octanol–water partition coefficient (Wildman–Crippen LogP) is 2.16. The van der Waals surface area contributed by atoms with E-state index in [0.717, 1.165) is 0 Å². The van der Waals surface area contributed by atoms with Gasteiger partial charge in [-0.15, -0.1) is 0 Å². The number of hydrogen-bond acceptors (Lipinski definition) is 4. The number of esters is 1. The van der Waals surface area contributed by atoms with Gasteiger partial charge in [0.25, 0.3) is 5.91 Å². The number of rotatable bonds is 6. The third-order valence-corrected chi connectivity index (χ3v) is 3.48. The predicted molar refractivity (Wildman–Crippen MR) is 89.7 cm³/mol. The number of nitrogens with one attached hydrogen (secondary N) is 1. The van der Waals surface area contributed by atoms with Crippen molar-refractivity contribution in [1.29, 1.82) is 0 Å². The molecule has 0 heterocycles. The van der Waals surface area contributed by atoms with Crippen molar-refractivity contribution in [3.8, 4) is 0 Å². The molecule has 0 unspecified atom stereocenters. The monoisotopic (exact) mass is 346 g/mol. The summed E-state index contributed by atoms with van der Waals surface area (Å²) >= 11 is 5.95. The van der Waals surface area contributed by atoms with Gasteiger partial charge in [0.15, 0.2) is 6.61 Å². The Morgan fingerprint density at radius 3 is 2.33 bits per heavy atom. The summed E-state index contributed by atoms with van der Waals surface area (Å²) in [4.78, 5) is 34.4. The number of primary amides is 1. The summed E-state index contributed by atoms with van der Waals surface area (Å²) in [6.07, 6.45) is -0.0136. The highest BCUT2D eigenvalue weighted by Gasteiger charge is 2.11. The molecule has 0 fully saturated rings. The van der Waals surface area contributed by atoms with E-state index in [2.05, 4.69) is 5.32 Å². The minimum atomic E-state index is -0.554. The van der Waals surface area contributed by atoms with E-state index < -0.39 is 24.4 Å². The van der Waals surface area contributed by atoms with Gasteiger partial charge in [0.05, 0.1) is 6.42 Å². The maximum atomic E-state index is 11.7. The van der Waals surface area contributed by atoms with Crippen molar-refractivity contribution >= 4 is 35.1 Å². The Balaban J connectivity index is 1.81. The number of anilines is 1. The van der Waals surface area contributed by atoms with Crippen molar-refractivity contribution in [2.75, 3.05) is 11.9 Å². The average Bonchev–Trinajstić information content (AvgIpc) is 2.55. The van der Waals surface area contributed by atoms with Crippen molar-refractivity contribution < 1.29 is 19.1 Å². The summed E-state index contributed by atoms with van der Waals surface area (Å²) in [6.45, 7) is -0.416. The number of amides is 2. The summed E-state index contributed by atoms with van der Waals surface area (Å²) in [5, 5.41) is 3.01. The van der Waals surface area contributed by atoms with Crippen LogP contribution in [0.3, 0.4) is 0 Å². The van der Waals surface area contributed by atoms with Crippen molar-refractivity contribution in [2.45, 2.75) is 6.42 Å². The van der Waals surface area contributed by atoms with Gasteiger partial charge in [-0.25, -0.2) is 0 Å². The van der Waals surface area contributed by atoms with Crippen LogP contribution in [0.15, 0.2) is 48.5 Å². The van der Waals surface area contributed by atoms with E-state index in [4.69, 9.17) is 22.1 Å². The van der Waals surface area contributed by atoms with Gasteiger partial charge in [-0.2, -0.15) is 0 Å². The second-order valence-corrected chi connectivity index (χ2v) is 5.33. The molecule has 6 nitrogen and oxygen atoms in total. The molecule has 0 atom stereocenters. The van der Waals surface area contributed by atoms with E-state index in [-0.39, 0.29) is 6.42 Å². The Bertz CT molecular complexity index is 759. The number of halogens is 1. The molecular formula is C17H15ClN2O4. The van der Waals surface area contributed by atoms with Crippen molar-refractivity contribution in [3.63, 3.8) is 0 Å². The van der Waals surface area contributed by atoms with Gasteiger partial charge in [0.2, 0.25) is 5.91 Å². The number of carbonyl (C=O) groups excluding carboxylic acids is 3. The van der Waals surface area contributed by atoms with E-state index in [0.29, 0.717) is 21.8 Å². The highest BCUT2D eigenvalue weighted by molar-refractivity contribution is 6.31. The summed E-state index contributed by atoms with van der Waals surface area (Å²) in [7, 11) is 0. The van der Waals surface area contributed by atoms with Crippen LogP contribution in [0.5, 0.6) is 0 Å². The highest BCUT2D eigenvalue weighted by Crippen LogP contribution is 2.15. The minimum Gasteiger partial charge on any atom is -0.455 e. The molecule has 124 valence electrons. The van der Waals surface area contributed by atoms with E-state index in [1.165, 1.54) is 24.3 Å². The van der Waals surface area contributed by atoms with Crippen LogP contribution in [-0.4, -0.2) is 24.4 Å². The summed E-state index contributed by atoms with van der Waals surface area (Å²) in [6, 6.07) is 12.9. The Morgan fingerprint density at radius 2 is 1.71 bits per heavy atom. The van der Waals surface area contributed by atoms with Gasteiger partial charge in [-0.1, -0.05) is 29.8 Å². The van der Waals surface area contributed by atoms with Crippen LogP contribution in [0.2, 0.25) is 5.02 Å². The van der Waals surface area contributed by atoms with Crippen LogP contribution in [0.1, 0.15) is 15.9 Å². The first-order chi connectivity index (χ1) is 11.5. The molecule has 0 bridgehead atoms. The molecule has 7 heteroatoms. The molecular weight excluding hydrogens is 332 g/mol. The zero-order chi connectivity index (χ0) is 17.5. The lowest BCUT2D eigenvalue weighted by atomic mass is 10.1. The molecule has 0 saturated carbocycles. The normalized spacial score (nSPS) is 10.0. The topological polar surface area (TPSA) is 98.5 Å². The second-order valence-electron chi connectivity index (χ2n) is 4.92. The number of nitrogens with two attached hydrogens (primary N) is 1. The molecule has 2 amide bonds. The third kappa shape index (κ3) is 5.10. The van der Waals surface area contributed by atoms with Crippen molar-refractivity contribution in [3.05, 3.63) is 64.7 Å². The van der Waals surface area contributed by atoms with Gasteiger partial charge in [-0.05, 0) is 35.9 Å². The van der Waals surface area contributed by atoms with E-state index in [1.54, 1.807) is 24.3 Å². The maximum absolute atomic E-state index is 11.7. The molecule has 0 saturated heterocycles. The molecule has 0 aliphatic carbocycles. The van der Waals surface area contributed by atoms with Crippen LogP contribution >= 0.6 is 11.6 Å². The first kappa shape index (κ1) is 17.5. The molecule has 0 aliphatic heterocycles. The molecule has 0 radical (unpaired) electrons. The van der Waals surface area contributed by atoms with Crippen LogP contribution in [0.25, 0.3) is 0 Å². The summed E-state index contributed by atoms with van der Waals surface area (Å²) in [5.41, 5.74) is 6.56. The Kier molecular flexibility index (Phi) is 5.92. The Hall–Kier alpha value is -2.86. The Labute approximate surface area is 143 Å². The largest absolute Gasteiger partial charge is 0.455 e. The fourth-order valence-electron chi connectivity index (χ4n) is 1.91. The highest BCUT2D eigenvalue weighted by atomic mass is 35.5. The number of ether oxygens (including phenoxy) is 1. The number of benzene rings is 2. The molecule has 3 N–H and O–H groups in total. The lowest BCUT2D eigenvalue weighted by Crippen LogP contribution is -2.21. The first-order valence-electron chi connectivity index (χ1n) is 7.04. The zero-order valence-electron chi connectivity index (χ0n) is 12.6. The number of carbonyl (C=O) groups is 3. The van der Waals surface area contributed by atoms with Gasteiger partial charge < -0.3 is 15.8 Å². The van der Waals surface area contributed by atoms with Gasteiger partial charge >= 0.3 is 5.97 Å². The first-order valence-corrected chi connectivity index (χ1v) is 7.42. The fourth-order valence-corrected chi connectivity index (χ4v) is 2.11. The van der Waals surface area contributed by atoms with Gasteiger partial charge in [0.1, 0.15) is 0 Å². The smallest absolute Gasteiger partial charge is 0.310 e. The van der Waals surface area contributed by atoms with E-state index in [1.807, 2.05) is 0 Å². The van der Waals surface area contributed by atoms with Crippen LogP contribution in [0, 0.1) is 0 Å². The van der Waals surface area contributed by atoms with Gasteiger partial charge in [-0.3, -0.25) is 14.4 Å². The third-order valence-electron chi connectivity index (χ3n) is 3.11. The van der Waals surface area contributed by atoms with E-state index >= 15 is 0 Å². The standard InChI is InChI=1S/C17H15ClN2O4/c18-14-4-2-1-3-12(14)9-16(22)24-10-15(21)20-13-7-5-11(6-8-13)17(19)23/h1-8H,9-10H2,(H2,19,23)(H,20,21). The average molecular weight is 347 g/mol. The van der Waals surface area contributed by atoms with Crippen LogP contribution in [-0.2, 0) is 20.7 Å². The molecule has 0 aliphatic rings. The van der Waals surface area contributed by atoms with Crippen molar-refractivity contribution in [2.24, 2.45) is 5.73 Å².